The van der Waals surface area contributed by atoms with Gasteiger partial charge in [0.05, 0.1) is 10.7 Å². The van der Waals surface area contributed by atoms with Gasteiger partial charge >= 0.3 is 0 Å². The molecule has 1 aliphatic rings. The number of carbonyl (C=O) groups excluding carboxylic acids is 1. The van der Waals surface area contributed by atoms with Gasteiger partial charge in [-0.3, -0.25) is 4.79 Å². The Balaban J connectivity index is 2.06. The van der Waals surface area contributed by atoms with Crippen LogP contribution in [0.3, 0.4) is 0 Å². The van der Waals surface area contributed by atoms with E-state index in [2.05, 4.69) is 21.2 Å². The molecule has 0 aromatic heterocycles. The second-order valence-electron chi connectivity index (χ2n) is 4.86. The van der Waals surface area contributed by atoms with E-state index in [-0.39, 0.29) is 42.3 Å². The van der Waals surface area contributed by atoms with E-state index in [1.54, 1.807) is 0 Å². The number of nitrogens with one attached hydrogen (secondary N) is 1. The maximum Gasteiger partial charge on any atom is 0.248 e. The summed E-state index contributed by atoms with van der Waals surface area (Å²) in [6.07, 6.45) is -0.308. The second kappa shape index (κ2) is 5.93. The van der Waals surface area contributed by atoms with E-state index in [4.69, 9.17) is 11.6 Å². The Morgan fingerprint density at radius 1 is 1.35 bits per heavy atom. The maximum atomic E-state index is 13.1. The predicted molar refractivity (Wildman–Crippen MR) is 74.6 cm³/mol. The molecule has 1 aromatic rings. The van der Waals surface area contributed by atoms with Crippen molar-refractivity contribution in [2.45, 2.75) is 31.6 Å². The Labute approximate surface area is 127 Å². The fourth-order valence-electron chi connectivity index (χ4n) is 2.19. The molecular weight excluding hydrogens is 359 g/mol. The monoisotopic (exact) mass is 369 g/mol. The highest BCUT2D eigenvalue weighted by molar-refractivity contribution is 9.10. The van der Waals surface area contributed by atoms with Crippen LogP contribution in [-0.4, -0.2) is 11.8 Å². The van der Waals surface area contributed by atoms with Crippen molar-refractivity contribution in [1.29, 1.82) is 0 Å². The lowest BCUT2D eigenvalue weighted by molar-refractivity contribution is -0.124. The van der Waals surface area contributed by atoms with Gasteiger partial charge in [-0.05, 0) is 40.9 Å². The van der Waals surface area contributed by atoms with Gasteiger partial charge in [-0.1, -0.05) is 11.6 Å². The van der Waals surface area contributed by atoms with Crippen LogP contribution in [0.25, 0.3) is 0 Å². The van der Waals surface area contributed by atoms with E-state index in [0.29, 0.717) is 4.47 Å². The molecule has 20 heavy (non-hydrogen) atoms. The minimum atomic E-state index is -2.68. The van der Waals surface area contributed by atoms with E-state index in [9.17, 15) is 18.0 Å². The van der Waals surface area contributed by atoms with Crippen molar-refractivity contribution in [2.24, 2.45) is 5.92 Å². The summed E-state index contributed by atoms with van der Waals surface area (Å²) in [5.74, 6) is -4.04. The lowest BCUT2D eigenvalue weighted by atomic mass is 9.86. The number of anilines is 1. The number of rotatable bonds is 2. The first-order chi connectivity index (χ1) is 9.28. The van der Waals surface area contributed by atoms with E-state index >= 15 is 0 Å². The van der Waals surface area contributed by atoms with Crippen LogP contribution in [0.5, 0.6) is 0 Å². The lowest BCUT2D eigenvalue weighted by Gasteiger charge is -2.27. The van der Waals surface area contributed by atoms with Crippen LogP contribution < -0.4 is 5.32 Å². The van der Waals surface area contributed by atoms with Crippen molar-refractivity contribution < 1.29 is 18.0 Å². The molecule has 1 saturated carbocycles. The quantitative estimate of drug-likeness (QED) is 0.779. The molecule has 1 aliphatic carbocycles. The van der Waals surface area contributed by atoms with E-state index < -0.39 is 17.7 Å². The number of carbonyl (C=O) groups is 1. The molecule has 0 saturated heterocycles. The molecule has 2 nitrogen and oxygen atoms in total. The molecule has 110 valence electrons. The maximum absolute atomic E-state index is 13.1. The number of hydrogen-bond acceptors (Lipinski definition) is 1. The summed E-state index contributed by atoms with van der Waals surface area (Å²) in [5, 5.41) is 2.63. The minimum Gasteiger partial charge on any atom is -0.324 e. The molecule has 1 amide bonds. The van der Waals surface area contributed by atoms with Crippen LogP contribution >= 0.6 is 27.5 Å². The first kappa shape index (κ1) is 15.6. The third kappa shape index (κ3) is 3.67. The van der Waals surface area contributed by atoms with Crippen molar-refractivity contribution >= 4 is 39.1 Å². The second-order valence-corrected chi connectivity index (χ2v) is 6.13. The Hall–Kier alpha value is -0.750. The van der Waals surface area contributed by atoms with Crippen LogP contribution in [0.2, 0.25) is 5.02 Å². The van der Waals surface area contributed by atoms with Crippen molar-refractivity contribution in [3.8, 4) is 0 Å². The largest absolute Gasteiger partial charge is 0.324 e. The molecule has 2 rings (SSSR count). The number of alkyl halides is 2. The van der Waals surface area contributed by atoms with Gasteiger partial charge in [-0.25, -0.2) is 13.2 Å². The minimum absolute atomic E-state index is 0.0614. The highest BCUT2D eigenvalue weighted by atomic mass is 79.9. The zero-order chi connectivity index (χ0) is 14.9. The van der Waals surface area contributed by atoms with Crippen LogP contribution in [-0.2, 0) is 4.79 Å². The van der Waals surface area contributed by atoms with Crippen molar-refractivity contribution in [2.75, 3.05) is 5.32 Å². The number of benzene rings is 1. The first-order valence-corrected chi connectivity index (χ1v) is 7.29. The van der Waals surface area contributed by atoms with Crippen LogP contribution in [0, 0.1) is 11.7 Å². The van der Waals surface area contributed by atoms with Crippen LogP contribution in [0.15, 0.2) is 16.6 Å². The smallest absolute Gasteiger partial charge is 0.248 e. The summed E-state index contributed by atoms with van der Waals surface area (Å²) in [4.78, 5) is 12.0. The van der Waals surface area contributed by atoms with Gasteiger partial charge in [-0.15, -0.1) is 0 Å². The molecule has 0 heterocycles. The van der Waals surface area contributed by atoms with Crippen molar-refractivity contribution in [1.82, 2.24) is 0 Å². The number of halogens is 5. The van der Waals surface area contributed by atoms with Crippen molar-refractivity contribution in [3.63, 3.8) is 0 Å². The Kier molecular flexibility index (Phi) is 4.64. The summed E-state index contributed by atoms with van der Waals surface area (Å²) >= 11 is 8.97. The van der Waals surface area contributed by atoms with Crippen molar-refractivity contribution in [3.05, 3.63) is 27.4 Å². The van der Waals surface area contributed by atoms with E-state index in [1.807, 2.05) is 0 Å². The zero-order valence-corrected chi connectivity index (χ0v) is 12.7. The average Bonchev–Trinajstić information content (AvgIpc) is 2.33. The van der Waals surface area contributed by atoms with Gasteiger partial charge < -0.3 is 5.32 Å². The molecule has 7 heteroatoms. The molecule has 0 spiro atoms. The fourth-order valence-corrected chi connectivity index (χ4v) is 3.09. The van der Waals surface area contributed by atoms with Gasteiger partial charge in [0.2, 0.25) is 11.8 Å². The van der Waals surface area contributed by atoms with Gasteiger partial charge in [0, 0.05) is 23.2 Å². The summed E-state index contributed by atoms with van der Waals surface area (Å²) in [6, 6.07) is 2.26. The highest BCUT2D eigenvalue weighted by Gasteiger charge is 2.37. The molecule has 1 fully saturated rings. The van der Waals surface area contributed by atoms with Crippen LogP contribution in [0.1, 0.15) is 25.7 Å². The van der Waals surface area contributed by atoms with E-state index in [0.717, 1.165) is 6.07 Å². The molecule has 0 bridgehead atoms. The summed E-state index contributed by atoms with van der Waals surface area (Å²) in [5.41, 5.74) is 0.260. The Morgan fingerprint density at radius 3 is 2.50 bits per heavy atom. The van der Waals surface area contributed by atoms with Gasteiger partial charge in [0.25, 0.3) is 0 Å². The molecule has 0 atom stereocenters. The molecule has 0 aliphatic heterocycles. The lowest BCUT2D eigenvalue weighted by Crippen LogP contribution is -2.32. The number of hydrogen-bond donors (Lipinski definition) is 1. The molecule has 1 aromatic carbocycles. The predicted octanol–water partition coefficient (Wildman–Crippen LogP) is 5.01. The van der Waals surface area contributed by atoms with Gasteiger partial charge in [-0.2, -0.15) is 0 Å². The summed E-state index contributed by atoms with van der Waals surface area (Å²) in [7, 11) is 0. The van der Waals surface area contributed by atoms with E-state index in [1.165, 1.54) is 6.07 Å². The summed E-state index contributed by atoms with van der Waals surface area (Å²) in [6.45, 7) is 0. The normalized spacial score (nSPS) is 18.9. The Morgan fingerprint density at radius 2 is 1.95 bits per heavy atom. The third-order valence-corrected chi connectivity index (χ3v) is 4.27. The molecular formula is C13H12BrClF3NO. The third-order valence-electron chi connectivity index (χ3n) is 3.34. The van der Waals surface area contributed by atoms with Gasteiger partial charge in [0.15, 0.2) is 0 Å². The number of amides is 1. The Bertz CT molecular complexity index is 505. The highest BCUT2D eigenvalue weighted by Crippen LogP contribution is 2.38. The summed E-state index contributed by atoms with van der Waals surface area (Å²) < 4.78 is 39.5. The SMILES string of the molecule is O=C(Nc1c(Cl)cc(F)cc1Br)C1CCC(F)(F)CC1. The molecule has 0 unspecified atom stereocenters. The average molecular weight is 371 g/mol. The fraction of sp³-hybridized carbons (Fsp3) is 0.462. The van der Waals surface area contributed by atoms with Crippen LogP contribution in [0.4, 0.5) is 18.9 Å². The standard InChI is InChI=1S/C13H12BrClF3NO/c14-9-5-8(16)6-10(15)11(9)19-12(20)7-1-3-13(17,18)4-2-7/h5-7H,1-4H2,(H,19,20). The van der Waals surface area contributed by atoms with Gasteiger partial charge in [0.1, 0.15) is 5.82 Å². The molecule has 0 radical (unpaired) electrons. The topological polar surface area (TPSA) is 29.1 Å². The molecule has 1 N–H and O–H groups in total. The first-order valence-electron chi connectivity index (χ1n) is 6.12. The zero-order valence-electron chi connectivity index (χ0n) is 10.4.